The lowest BCUT2D eigenvalue weighted by Crippen LogP contribution is -2.35. The van der Waals surface area contributed by atoms with Crippen LogP contribution in [0.3, 0.4) is 0 Å². The molecular weight excluding hydrogens is 270 g/mol. The molecule has 1 aromatic rings. The van der Waals surface area contributed by atoms with Crippen molar-refractivity contribution in [3.63, 3.8) is 0 Å². The van der Waals surface area contributed by atoms with Crippen LogP contribution >= 0.6 is 0 Å². The minimum Gasteiger partial charge on any atom is -0.395 e. The zero-order valence-corrected chi connectivity index (χ0v) is 12.4. The van der Waals surface area contributed by atoms with Crippen LogP contribution in [0.2, 0.25) is 0 Å². The summed E-state index contributed by atoms with van der Waals surface area (Å²) in [5, 5.41) is 23.6. The van der Waals surface area contributed by atoms with E-state index in [-0.39, 0.29) is 17.2 Å². The molecule has 2 rings (SSSR count). The van der Waals surface area contributed by atoms with Gasteiger partial charge in [0.05, 0.1) is 11.5 Å². The van der Waals surface area contributed by atoms with E-state index in [1.165, 1.54) is 12.8 Å². The summed E-state index contributed by atoms with van der Waals surface area (Å²) >= 11 is 0. The number of rotatable bonds is 7. The molecule has 0 radical (unpaired) electrons. The smallest absolute Gasteiger partial charge is 0.273 e. The fourth-order valence-electron chi connectivity index (χ4n) is 3.02. The number of nitro groups is 1. The van der Waals surface area contributed by atoms with Gasteiger partial charge in [0.15, 0.2) is 0 Å². The summed E-state index contributed by atoms with van der Waals surface area (Å²) < 4.78 is 0. The average Bonchev–Trinajstić information content (AvgIpc) is 2.98. The molecule has 116 valence electrons. The topological polar surface area (TPSA) is 78.6 Å². The second-order valence-corrected chi connectivity index (χ2v) is 5.38. The number of aliphatic hydroxyl groups excluding tert-OH is 1. The van der Waals surface area contributed by atoms with Gasteiger partial charge in [-0.1, -0.05) is 12.8 Å². The largest absolute Gasteiger partial charge is 0.395 e. The maximum atomic E-state index is 11.1. The van der Waals surface area contributed by atoms with E-state index in [0.29, 0.717) is 19.1 Å². The summed E-state index contributed by atoms with van der Waals surface area (Å²) in [7, 11) is 0. The minimum atomic E-state index is -0.365. The van der Waals surface area contributed by atoms with E-state index in [1.807, 2.05) is 13.0 Å². The van der Waals surface area contributed by atoms with E-state index >= 15 is 0 Å². The van der Waals surface area contributed by atoms with Gasteiger partial charge in [0.1, 0.15) is 0 Å². The summed E-state index contributed by atoms with van der Waals surface area (Å²) in [4.78, 5) is 12.9. The van der Waals surface area contributed by atoms with E-state index in [4.69, 9.17) is 0 Å². The molecule has 1 fully saturated rings. The van der Waals surface area contributed by atoms with E-state index in [9.17, 15) is 15.2 Å². The van der Waals surface area contributed by atoms with Crippen LogP contribution in [-0.2, 0) is 0 Å². The first-order chi connectivity index (χ1) is 10.2. The molecule has 0 heterocycles. The lowest BCUT2D eigenvalue weighted by atomic mass is 10.1. The van der Waals surface area contributed by atoms with Crippen LogP contribution < -0.4 is 10.2 Å². The Hall–Kier alpha value is -1.82. The minimum absolute atomic E-state index is 0.0513. The van der Waals surface area contributed by atoms with Gasteiger partial charge in [0.25, 0.3) is 5.69 Å². The number of nitrogens with zero attached hydrogens (tertiary/aromatic N) is 2. The van der Waals surface area contributed by atoms with E-state index in [2.05, 4.69) is 10.2 Å². The molecule has 2 N–H and O–H groups in total. The molecule has 0 unspecified atom stereocenters. The third kappa shape index (κ3) is 3.85. The van der Waals surface area contributed by atoms with Crippen molar-refractivity contribution in [3.8, 4) is 0 Å². The van der Waals surface area contributed by atoms with Gasteiger partial charge in [0.2, 0.25) is 0 Å². The van der Waals surface area contributed by atoms with Crippen LogP contribution in [0.15, 0.2) is 18.2 Å². The Morgan fingerprint density at radius 2 is 2.10 bits per heavy atom. The van der Waals surface area contributed by atoms with Crippen molar-refractivity contribution in [2.75, 3.05) is 29.9 Å². The SMILES string of the molecule is CCNc1cc(N(CCO)C2CCCC2)cc([N+](=O)[O-])c1. The van der Waals surface area contributed by atoms with E-state index in [0.717, 1.165) is 24.2 Å². The van der Waals surface area contributed by atoms with Crippen LogP contribution in [0.4, 0.5) is 17.1 Å². The van der Waals surface area contributed by atoms with Gasteiger partial charge in [-0.3, -0.25) is 10.1 Å². The van der Waals surface area contributed by atoms with Crippen LogP contribution in [0.25, 0.3) is 0 Å². The molecule has 1 aliphatic carbocycles. The molecule has 0 bridgehead atoms. The van der Waals surface area contributed by atoms with Gasteiger partial charge in [-0.25, -0.2) is 0 Å². The van der Waals surface area contributed by atoms with Gasteiger partial charge in [0, 0.05) is 42.6 Å². The number of benzene rings is 1. The average molecular weight is 293 g/mol. The highest BCUT2D eigenvalue weighted by atomic mass is 16.6. The summed E-state index contributed by atoms with van der Waals surface area (Å²) in [5.74, 6) is 0. The molecule has 21 heavy (non-hydrogen) atoms. The third-order valence-corrected chi connectivity index (χ3v) is 3.93. The van der Waals surface area contributed by atoms with Crippen molar-refractivity contribution in [1.82, 2.24) is 0 Å². The number of nitrogens with one attached hydrogen (secondary N) is 1. The predicted octanol–water partition coefficient (Wildman–Crippen LogP) is 2.77. The molecule has 6 nitrogen and oxygen atoms in total. The second kappa shape index (κ2) is 7.26. The Kier molecular flexibility index (Phi) is 5.38. The number of anilines is 2. The highest BCUT2D eigenvalue weighted by molar-refractivity contribution is 5.65. The van der Waals surface area contributed by atoms with Crippen LogP contribution in [0.1, 0.15) is 32.6 Å². The van der Waals surface area contributed by atoms with Crippen molar-refractivity contribution < 1.29 is 10.0 Å². The fourth-order valence-corrected chi connectivity index (χ4v) is 3.02. The zero-order valence-electron chi connectivity index (χ0n) is 12.4. The summed E-state index contributed by atoms with van der Waals surface area (Å²) in [6.45, 7) is 3.23. The molecule has 1 aromatic carbocycles. The van der Waals surface area contributed by atoms with Crippen LogP contribution in [0.5, 0.6) is 0 Å². The Bertz CT molecular complexity index is 487. The van der Waals surface area contributed by atoms with E-state index in [1.54, 1.807) is 12.1 Å². The van der Waals surface area contributed by atoms with Gasteiger partial charge in [-0.15, -0.1) is 0 Å². The number of hydrogen-bond acceptors (Lipinski definition) is 5. The molecule has 0 aromatic heterocycles. The van der Waals surface area contributed by atoms with Crippen molar-refractivity contribution in [2.45, 2.75) is 38.6 Å². The Labute approximate surface area is 124 Å². The van der Waals surface area contributed by atoms with Gasteiger partial charge in [-0.2, -0.15) is 0 Å². The standard InChI is InChI=1S/C15H23N3O3/c1-2-16-12-9-14(11-15(10-12)18(20)21)17(7-8-19)13-5-3-4-6-13/h9-11,13,16,19H,2-8H2,1H3. The Balaban J connectivity index is 2.34. The van der Waals surface area contributed by atoms with Crippen LogP contribution in [0, 0.1) is 10.1 Å². The highest BCUT2D eigenvalue weighted by Gasteiger charge is 2.24. The van der Waals surface area contributed by atoms with Crippen molar-refractivity contribution >= 4 is 17.1 Å². The summed E-state index contributed by atoms with van der Waals surface area (Å²) in [6.07, 6.45) is 4.53. The number of aliphatic hydroxyl groups is 1. The van der Waals surface area contributed by atoms with Gasteiger partial charge in [-0.05, 0) is 25.8 Å². The molecule has 0 atom stereocenters. The maximum Gasteiger partial charge on any atom is 0.273 e. The molecule has 0 spiro atoms. The third-order valence-electron chi connectivity index (χ3n) is 3.93. The zero-order chi connectivity index (χ0) is 15.2. The number of non-ortho nitro benzene ring substituents is 1. The quantitative estimate of drug-likeness (QED) is 0.597. The Morgan fingerprint density at radius 1 is 1.38 bits per heavy atom. The normalized spacial score (nSPS) is 15.1. The first kappa shape index (κ1) is 15.6. The number of nitro benzene ring substituents is 1. The Morgan fingerprint density at radius 3 is 2.67 bits per heavy atom. The van der Waals surface area contributed by atoms with Crippen LogP contribution in [-0.4, -0.2) is 35.8 Å². The molecule has 0 saturated heterocycles. The molecule has 0 amide bonds. The van der Waals surface area contributed by atoms with Crippen molar-refractivity contribution in [3.05, 3.63) is 28.3 Å². The van der Waals surface area contributed by atoms with Crippen molar-refractivity contribution in [2.24, 2.45) is 0 Å². The predicted molar refractivity (Wildman–Crippen MR) is 83.9 cm³/mol. The van der Waals surface area contributed by atoms with Crippen molar-refractivity contribution in [1.29, 1.82) is 0 Å². The molecule has 1 saturated carbocycles. The lowest BCUT2D eigenvalue weighted by molar-refractivity contribution is -0.384. The summed E-state index contributed by atoms with van der Waals surface area (Å²) in [5.41, 5.74) is 1.66. The lowest BCUT2D eigenvalue weighted by Gasteiger charge is -2.30. The highest BCUT2D eigenvalue weighted by Crippen LogP contribution is 2.32. The molecule has 0 aliphatic heterocycles. The number of hydrogen-bond donors (Lipinski definition) is 2. The first-order valence-corrected chi connectivity index (χ1v) is 7.56. The monoisotopic (exact) mass is 293 g/mol. The summed E-state index contributed by atoms with van der Waals surface area (Å²) in [6, 6.07) is 5.46. The molecular formula is C15H23N3O3. The molecule has 6 heteroatoms. The molecule has 1 aliphatic rings. The second-order valence-electron chi connectivity index (χ2n) is 5.38. The fraction of sp³-hybridized carbons (Fsp3) is 0.600. The maximum absolute atomic E-state index is 11.1. The first-order valence-electron chi connectivity index (χ1n) is 7.56. The van der Waals surface area contributed by atoms with E-state index < -0.39 is 0 Å². The van der Waals surface area contributed by atoms with Gasteiger partial charge < -0.3 is 15.3 Å². The van der Waals surface area contributed by atoms with Gasteiger partial charge >= 0.3 is 0 Å².